The van der Waals surface area contributed by atoms with Crippen LogP contribution in [0.5, 0.6) is 5.75 Å². The highest BCUT2D eigenvalue weighted by Crippen LogP contribution is 2.26. The average Bonchev–Trinajstić information content (AvgIpc) is 3.61. The van der Waals surface area contributed by atoms with Crippen LogP contribution in [0.4, 0.5) is 0 Å². The Morgan fingerprint density at radius 1 is 0.977 bits per heavy atom. The standard InChI is InChI=1S/C28H39N7O9/c1-15(25(41)30-12-23(29)39)32-24(40)13-31-26(42)22-11-19(38)14-35(22)28(44)21-4-3-9-34(21)27(43)20(33-16(2)36)10-17-5-7-18(37)8-6-17/h5-8,15,19-22,37-38H,3-4,9-14H2,1-2H3,(H2,29,39)(H,30,41)(H,31,42)(H,32,40)(H,33,36)/t15?,19-,20?,21+,22+/m0/s1. The average molecular weight is 618 g/mol. The van der Waals surface area contributed by atoms with Gasteiger partial charge in [-0.3, -0.25) is 33.6 Å². The molecule has 2 aliphatic rings. The number of carbonyl (C=O) groups excluding carboxylic acids is 7. The molecule has 2 unspecified atom stereocenters. The van der Waals surface area contributed by atoms with E-state index in [1.54, 1.807) is 12.1 Å². The van der Waals surface area contributed by atoms with E-state index in [1.165, 1.54) is 35.8 Å². The van der Waals surface area contributed by atoms with Crippen LogP contribution in [-0.4, -0.2) is 118 Å². The van der Waals surface area contributed by atoms with Gasteiger partial charge in [-0.15, -0.1) is 0 Å². The summed E-state index contributed by atoms with van der Waals surface area (Å²) < 4.78 is 0. The number of nitrogens with two attached hydrogens (primary N) is 1. The van der Waals surface area contributed by atoms with Crippen molar-refractivity contribution < 1.29 is 43.8 Å². The van der Waals surface area contributed by atoms with E-state index in [4.69, 9.17) is 5.73 Å². The van der Waals surface area contributed by atoms with E-state index in [9.17, 15) is 43.8 Å². The van der Waals surface area contributed by atoms with Crippen molar-refractivity contribution in [3.05, 3.63) is 29.8 Å². The minimum Gasteiger partial charge on any atom is -0.508 e. The summed E-state index contributed by atoms with van der Waals surface area (Å²) in [5.74, 6) is -4.22. The minimum absolute atomic E-state index is 0.0485. The third-order valence-electron chi connectivity index (χ3n) is 7.37. The Kier molecular flexibility index (Phi) is 11.6. The van der Waals surface area contributed by atoms with Crippen molar-refractivity contribution >= 4 is 41.4 Å². The number of likely N-dealkylation sites (tertiary alicyclic amines) is 2. The molecule has 0 radical (unpaired) electrons. The third kappa shape index (κ3) is 9.13. The second-order valence-electron chi connectivity index (χ2n) is 10.9. The molecule has 8 N–H and O–H groups in total. The third-order valence-corrected chi connectivity index (χ3v) is 7.37. The van der Waals surface area contributed by atoms with Crippen molar-refractivity contribution in [1.29, 1.82) is 0 Å². The largest absolute Gasteiger partial charge is 0.508 e. The lowest BCUT2D eigenvalue weighted by Crippen LogP contribution is -2.57. The van der Waals surface area contributed by atoms with Crippen LogP contribution in [0.1, 0.15) is 38.7 Å². The number of nitrogens with zero attached hydrogens (tertiary/aromatic N) is 2. The second kappa shape index (κ2) is 15.1. The Bertz CT molecular complexity index is 1270. The summed E-state index contributed by atoms with van der Waals surface area (Å²) in [7, 11) is 0. The Hall–Kier alpha value is -4.73. The molecule has 5 atom stereocenters. The fourth-order valence-electron chi connectivity index (χ4n) is 5.27. The topological polar surface area (TPSA) is 241 Å². The summed E-state index contributed by atoms with van der Waals surface area (Å²) in [6.45, 7) is 1.82. The number of benzene rings is 1. The highest BCUT2D eigenvalue weighted by atomic mass is 16.3. The van der Waals surface area contributed by atoms with Gasteiger partial charge in [-0.05, 0) is 37.5 Å². The number of rotatable bonds is 12. The number of primary amides is 1. The Morgan fingerprint density at radius 3 is 2.30 bits per heavy atom. The lowest BCUT2D eigenvalue weighted by atomic mass is 10.0. The van der Waals surface area contributed by atoms with Crippen LogP contribution in [0.25, 0.3) is 0 Å². The summed E-state index contributed by atoms with van der Waals surface area (Å²) in [4.78, 5) is 89.9. The van der Waals surface area contributed by atoms with Crippen LogP contribution in [0.15, 0.2) is 24.3 Å². The molecule has 0 spiro atoms. The van der Waals surface area contributed by atoms with Crippen molar-refractivity contribution in [3.63, 3.8) is 0 Å². The summed E-state index contributed by atoms with van der Waals surface area (Å²) in [5, 5.41) is 29.5. The van der Waals surface area contributed by atoms with Gasteiger partial charge >= 0.3 is 0 Å². The van der Waals surface area contributed by atoms with Gasteiger partial charge in [-0.1, -0.05) is 12.1 Å². The zero-order valence-corrected chi connectivity index (χ0v) is 24.6. The molecule has 2 heterocycles. The monoisotopic (exact) mass is 617 g/mol. The quantitative estimate of drug-likeness (QED) is 0.124. The van der Waals surface area contributed by atoms with Crippen LogP contribution in [-0.2, 0) is 40.0 Å². The lowest BCUT2D eigenvalue weighted by Gasteiger charge is -2.32. The fraction of sp³-hybridized carbons (Fsp3) is 0.536. The van der Waals surface area contributed by atoms with E-state index < -0.39 is 84.7 Å². The zero-order valence-electron chi connectivity index (χ0n) is 24.6. The highest BCUT2D eigenvalue weighted by molar-refractivity contribution is 5.96. The van der Waals surface area contributed by atoms with Crippen molar-refractivity contribution in [2.24, 2.45) is 5.73 Å². The lowest BCUT2D eigenvalue weighted by molar-refractivity contribution is -0.148. The Labute approximate surface area is 253 Å². The normalized spacial score (nSPS) is 20.8. The number of aliphatic hydroxyl groups is 1. The number of aliphatic hydroxyl groups excluding tert-OH is 1. The Morgan fingerprint density at radius 2 is 1.66 bits per heavy atom. The van der Waals surface area contributed by atoms with Gasteiger partial charge < -0.3 is 47.0 Å². The predicted molar refractivity (Wildman–Crippen MR) is 153 cm³/mol. The van der Waals surface area contributed by atoms with Gasteiger partial charge in [0.2, 0.25) is 41.4 Å². The number of nitrogens with one attached hydrogen (secondary N) is 4. The fourth-order valence-corrected chi connectivity index (χ4v) is 5.27. The first-order chi connectivity index (χ1) is 20.8. The van der Waals surface area contributed by atoms with Crippen LogP contribution in [0.3, 0.4) is 0 Å². The first kappa shape index (κ1) is 33.8. The van der Waals surface area contributed by atoms with E-state index in [0.29, 0.717) is 18.4 Å². The summed E-state index contributed by atoms with van der Waals surface area (Å²) >= 11 is 0. The molecular formula is C28H39N7O9. The number of hydrogen-bond acceptors (Lipinski definition) is 9. The molecule has 0 aliphatic carbocycles. The molecule has 240 valence electrons. The van der Waals surface area contributed by atoms with E-state index >= 15 is 0 Å². The van der Waals surface area contributed by atoms with Crippen molar-refractivity contribution in [2.75, 3.05) is 26.2 Å². The molecule has 1 aromatic rings. The molecule has 2 aliphatic heterocycles. The number of aromatic hydroxyl groups is 1. The maximum Gasteiger partial charge on any atom is 0.246 e. The molecule has 7 amide bonds. The number of β-amino-alcohol motifs (C(OH)–C–C–N with tert-alkyl or cyclic N) is 1. The maximum absolute atomic E-state index is 13.7. The second-order valence-corrected chi connectivity index (χ2v) is 10.9. The molecule has 0 aromatic heterocycles. The zero-order chi connectivity index (χ0) is 32.6. The van der Waals surface area contributed by atoms with Gasteiger partial charge in [-0.2, -0.15) is 0 Å². The van der Waals surface area contributed by atoms with E-state index in [1.807, 2.05) is 0 Å². The van der Waals surface area contributed by atoms with Crippen LogP contribution in [0, 0.1) is 0 Å². The highest BCUT2D eigenvalue weighted by Gasteiger charge is 2.45. The van der Waals surface area contributed by atoms with Crippen LogP contribution >= 0.6 is 0 Å². The molecule has 1 aromatic carbocycles. The first-order valence-electron chi connectivity index (χ1n) is 14.2. The maximum atomic E-state index is 13.7. The number of carbonyl (C=O) groups is 7. The number of phenols is 1. The van der Waals surface area contributed by atoms with Gasteiger partial charge in [0.05, 0.1) is 19.2 Å². The van der Waals surface area contributed by atoms with E-state index in [-0.39, 0.29) is 31.7 Å². The molecule has 0 saturated carbocycles. The van der Waals surface area contributed by atoms with Gasteiger partial charge in [0.1, 0.15) is 29.9 Å². The van der Waals surface area contributed by atoms with Crippen molar-refractivity contribution in [1.82, 2.24) is 31.1 Å². The predicted octanol–water partition coefficient (Wildman–Crippen LogP) is -3.39. The van der Waals surface area contributed by atoms with E-state index in [0.717, 1.165) is 0 Å². The molecule has 16 nitrogen and oxygen atoms in total. The van der Waals surface area contributed by atoms with Gasteiger partial charge in [0.15, 0.2) is 0 Å². The van der Waals surface area contributed by atoms with Gasteiger partial charge in [-0.25, -0.2) is 0 Å². The summed E-state index contributed by atoms with van der Waals surface area (Å²) in [5.41, 5.74) is 5.66. The van der Waals surface area contributed by atoms with Crippen LogP contribution < -0.4 is 27.0 Å². The van der Waals surface area contributed by atoms with Crippen molar-refractivity contribution in [2.45, 2.75) is 69.8 Å². The molecular weight excluding hydrogens is 578 g/mol. The number of phenolic OH excluding ortho intramolecular Hbond substituents is 1. The SMILES string of the molecule is CC(=O)NC(Cc1ccc(O)cc1)C(=O)N1CCC[C@@H]1C(=O)N1C[C@@H](O)C[C@@H]1C(=O)NCC(=O)NC(C)C(=O)NCC(N)=O. The number of amides is 7. The molecule has 0 bridgehead atoms. The Balaban J connectivity index is 1.64. The molecule has 3 rings (SSSR count). The van der Waals surface area contributed by atoms with E-state index in [2.05, 4.69) is 21.3 Å². The van der Waals surface area contributed by atoms with Gasteiger partial charge in [0, 0.05) is 32.9 Å². The molecule has 2 saturated heterocycles. The first-order valence-corrected chi connectivity index (χ1v) is 14.2. The minimum atomic E-state index is -1.11. The molecule has 44 heavy (non-hydrogen) atoms. The smallest absolute Gasteiger partial charge is 0.246 e. The van der Waals surface area contributed by atoms with Gasteiger partial charge in [0.25, 0.3) is 0 Å². The molecule has 2 fully saturated rings. The summed E-state index contributed by atoms with van der Waals surface area (Å²) in [6.07, 6.45) is -0.148. The summed E-state index contributed by atoms with van der Waals surface area (Å²) in [6, 6.07) is 2.13. The molecule has 16 heteroatoms. The van der Waals surface area contributed by atoms with Crippen molar-refractivity contribution in [3.8, 4) is 5.75 Å². The van der Waals surface area contributed by atoms with Crippen LogP contribution in [0.2, 0.25) is 0 Å². The number of hydrogen-bond donors (Lipinski definition) is 7.